The molecule has 0 aliphatic carbocycles. The quantitative estimate of drug-likeness (QED) is 0.604. The van der Waals surface area contributed by atoms with E-state index in [-0.39, 0.29) is 30.0 Å². The van der Waals surface area contributed by atoms with Crippen LogP contribution in [0.3, 0.4) is 0 Å². The Hall–Kier alpha value is -3.98. The summed E-state index contributed by atoms with van der Waals surface area (Å²) in [7, 11) is -3.15. The predicted octanol–water partition coefficient (Wildman–Crippen LogP) is 3.08. The molecule has 0 unspecified atom stereocenters. The van der Waals surface area contributed by atoms with Gasteiger partial charge in [0.05, 0.1) is 17.1 Å². The molecule has 0 fully saturated rings. The third kappa shape index (κ3) is 5.27. The number of rotatable bonds is 5. The van der Waals surface area contributed by atoms with Crippen molar-refractivity contribution in [3.63, 3.8) is 0 Å². The number of para-hydroxylation sites is 2. The van der Waals surface area contributed by atoms with Crippen LogP contribution in [0.2, 0.25) is 0 Å². The number of anilines is 3. The average molecular weight is 464 g/mol. The Kier molecular flexibility index (Phi) is 5.97. The van der Waals surface area contributed by atoms with E-state index in [9.17, 15) is 22.8 Å². The summed E-state index contributed by atoms with van der Waals surface area (Å²) in [6, 6.07) is 19.8. The topological polar surface area (TPSA) is 113 Å². The van der Waals surface area contributed by atoms with Crippen LogP contribution in [0.15, 0.2) is 72.8 Å². The fourth-order valence-corrected chi connectivity index (χ4v) is 4.32. The first-order valence-corrected chi connectivity index (χ1v) is 12.1. The monoisotopic (exact) mass is 463 g/mol. The molecule has 2 N–H and O–H groups in total. The van der Waals surface area contributed by atoms with Gasteiger partial charge in [0.1, 0.15) is 6.54 Å². The maximum absolute atomic E-state index is 13.0. The van der Waals surface area contributed by atoms with Gasteiger partial charge in [-0.1, -0.05) is 24.3 Å². The van der Waals surface area contributed by atoms with Gasteiger partial charge in [-0.2, -0.15) is 0 Å². The number of nitrogens with zero attached hydrogens (tertiary/aromatic N) is 1. The molecule has 0 aromatic heterocycles. The lowest BCUT2D eigenvalue weighted by Crippen LogP contribution is -2.42. The van der Waals surface area contributed by atoms with E-state index in [1.165, 1.54) is 4.90 Å². The van der Waals surface area contributed by atoms with Crippen molar-refractivity contribution < 1.29 is 22.8 Å². The number of hydrogen-bond acceptors (Lipinski definition) is 5. The van der Waals surface area contributed by atoms with Crippen LogP contribution >= 0.6 is 0 Å². The lowest BCUT2D eigenvalue weighted by atomic mass is 10.1. The normalized spacial score (nSPS) is 13.1. The van der Waals surface area contributed by atoms with Gasteiger partial charge < -0.3 is 10.6 Å². The summed E-state index contributed by atoms with van der Waals surface area (Å²) < 4.78 is 22.8. The molecule has 4 rings (SSSR count). The van der Waals surface area contributed by atoms with Crippen LogP contribution < -0.4 is 15.5 Å². The van der Waals surface area contributed by atoms with Crippen molar-refractivity contribution >= 4 is 44.6 Å². The Balaban J connectivity index is 1.45. The number of sulfone groups is 1. The summed E-state index contributed by atoms with van der Waals surface area (Å²) in [4.78, 5) is 38.9. The number of carbonyl (C=O) groups excluding carboxylic acids is 3. The number of carbonyl (C=O) groups is 3. The maximum atomic E-state index is 13.0. The van der Waals surface area contributed by atoms with Crippen LogP contribution in [0.1, 0.15) is 26.3 Å². The fourth-order valence-electron chi connectivity index (χ4n) is 3.52. The molecule has 0 spiro atoms. The molecule has 0 bridgehead atoms. The van der Waals surface area contributed by atoms with Gasteiger partial charge in [-0.05, 0) is 54.1 Å². The molecule has 1 aliphatic rings. The molecule has 168 valence electrons. The highest BCUT2D eigenvalue weighted by atomic mass is 32.2. The number of fused-ring (bicyclic) bond motifs is 1. The van der Waals surface area contributed by atoms with Crippen LogP contribution in [-0.4, -0.2) is 38.9 Å². The van der Waals surface area contributed by atoms with Gasteiger partial charge in [0.25, 0.3) is 11.8 Å². The van der Waals surface area contributed by atoms with E-state index >= 15 is 0 Å². The SMILES string of the molecule is CS(=O)(=O)Cc1ccc(C(=O)Nc2ccc(C(=O)N3CC(=O)Nc4ccccc43)cc2)cc1. The van der Waals surface area contributed by atoms with Gasteiger partial charge in [-0.25, -0.2) is 8.42 Å². The largest absolute Gasteiger partial charge is 0.323 e. The molecular formula is C24H21N3O5S. The van der Waals surface area contributed by atoms with Crippen molar-refractivity contribution in [2.24, 2.45) is 0 Å². The highest BCUT2D eigenvalue weighted by Gasteiger charge is 2.27. The lowest BCUT2D eigenvalue weighted by Gasteiger charge is -2.29. The Labute approximate surface area is 191 Å². The van der Waals surface area contributed by atoms with E-state index in [1.54, 1.807) is 72.8 Å². The molecule has 0 radical (unpaired) electrons. The lowest BCUT2D eigenvalue weighted by molar-refractivity contribution is -0.115. The van der Waals surface area contributed by atoms with E-state index in [2.05, 4.69) is 10.6 Å². The second-order valence-corrected chi connectivity index (χ2v) is 9.90. The molecule has 3 aromatic carbocycles. The third-order valence-corrected chi connectivity index (χ3v) is 5.91. The minimum Gasteiger partial charge on any atom is -0.323 e. The molecule has 1 aliphatic heterocycles. The minimum absolute atomic E-state index is 0.0797. The molecular weight excluding hydrogens is 442 g/mol. The molecule has 9 heteroatoms. The van der Waals surface area contributed by atoms with Crippen molar-refractivity contribution in [3.05, 3.63) is 89.5 Å². The van der Waals surface area contributed by atoms with Crippen molar-refractivity contribution in [1.29, 1.82) is 0 Å². The Morgan fingerprint density at radius 2 is 1.58 bits per heavy atom. The predicted molar refractivity (Wildman–Crippen MR) is 126 cm³/mol. The summed E-state index contributed by atoms with van der Waals surface area (Å²) in [6.07, 6.45) is 1.15. The van der Waals surface area contributed by atoms with Crippen molar-refractivity contribution in [3.8, 4) is 0 Å². The molecule has 3 aromatic rings. The van der Waals surface area contributed by atoms with Crippen LogP contribution in [0.4, 0.5) is 17.1 Å². The number of amides is 3. The van der Waals surface area contributed by atoms with Crippen molar-refractivity contribution in [1.82, 2.24) is 0 Å². The van der Waals surface area contributed by atoms with Crippen molar-refractivity contribution in [2.75, 3.05) is 28.3 Å². The van der Waals surface area contributed by atoms with Crippen molar-refractivity contribution in [2.45, 2.75) is 5.75 Å². The maximum Gasteiger partial charge on any atom is 0.258 e. The molecule has 0 atom stereocenters. The average Bonchev–Trinajstić information content (AvgIpc) is 2.78. The summed E-state index contributed by atoms with van der Waals surface area (Å²) in [5, 5.41) is 5.49. The van der Waals surface area contributed by atoms with Crippen LogP contribution in [0.5, 0.6) is 0 Å². The second kappa shape index (κ2) is 8.87. The van der Waals surface area contributed by atoms with Gasteiger partial charge in [-0.3, -0.25) is 19.3 Å². The zero-order valence-corrected chi connectivity index (χ0v) is 18.6. The minimum atomic E-state index is -3.15. The van der Waals surface area contributed by atoms with Crippen LogP contribution in [0.25, 0.3) is 0 Å². The highest BCUT2D eigenvalue weighted by Crippen LogP contribution is 2.30. The van der Waals surface area contributed by atoms with Crippen LogP contribution in [0, 0.1) is 0 Å². The standard InChI is InChI=1S/C24H21N3O5S/c1-33(31,32)15-16-6-8-17(9-7-16)23(29)25-19-12-10-18(11-13-19)24(30)27-14-22(28)26-20-4-2-3-5-21(20)27/h2-13H,14-15H2,1H3,(H,25,29)(H,26,28). The van der Waals surface area contributed by atoms with Gasteiger partial charge in [0.15, 0.2) is 9.84 Å². The number of nitrogens with one attached hydrogen (secondary N) is 2. The number of hydrogen-bond donors (Lipinski definition) is 2. The third-order valence-electron chi connectivity index (χ3n) is 5.05. The van der Waals surface area contributed by atoms with E-state index in [0.29, 0.717) is 33.8 Å². The van der Waals surface area contributed by atoms with E-state index in [4.69, 9.17) is 0 Å². The first-order chi connectivity index (χ1) is 15.7. The molecule has 1 heterocycles. The van der Waals surface area contributed by atoms with E-state index < -0.39 is 9.84 Å². The zero-order valence-electron chi connectivity index (χ0n) is 17.7. The summed E-state index contributed by atoms with van der Waals surface area (Å²) in [6.45, 7) is -0.0797. The summed E-state index contributed by atoms with van der Waals surface area (Å²) >= 11 is 0. The highest BCUT2D eigenvalue weighted by molar-refractivity contribution is 7.89. The fraction of sp³-hybridized carbons (Fsp3) is 0.125. The first-order valence-electron chi connectivity index (χ1n) is 10.1. The Morgan fingerprint density at radius 1 is 0.939 bits per heavy atom. The van der Waals surface area contributed by atoms with Crippen LogP contribution in [-0.2, 0) is 20.4 Å². The Morgan fingerprint density at radius 3 is 2.24 bits per heavy atom. The summed E-state index contributed by atoms with van der Waals surface area (Å²) in [5.41, 5.74) is 3.05. The van der Waals surface area contributed by atoms with Gasteiger partial charge >= 0.3 is 0 Å². The van der Waals surface area contributed by atoms with E-state index in [1.807, 2.05) is 0 Å². The molecule has 0 saturated heterocycles. The molecule has 3 amide bonds. The number of benzene rings is 3. The Bertz CT molecular complexity index is 1330. The smallest absolute Gasteiger partial charge is 0.258 e. The van der Waals surface area contributed by atoms with Gasteiger partial charge in [0.2, 0.25) is 5.91 Å². The molecule has 8 nitrogen and oxygen atoms in total. The molecule has 0 saturated carbocycles. The van der Waals surface area contributed by atoms with Gasteiger partial charge in [-0.15, -0.1) is 0 Å². The first kappa shape index (κ1) is 22.2. The second-order valence-electron chi connectivity index (χ2n) is 7.76. The zero-order chi connectivity index (χ0) is 23.6. The van der Waals surface area contributed by atoms with Gasteiger partial charge in [0, 0.05) is 23.1 Å². The summed E-state index contributed by atoms with van der Waals surface area (Å²) in [5.74, 6) is -1.04. The molecule has 33 heavy (non-hydrogen) atoms. The van der Waals surface area contributed by atoms with E-state index in [0.717, 1.165) is 6.26 Å².